The summed E-state index contributed by atoms with van der Waals surface area (Å²) in [5, 5.41) is 9.74. The van der Waals surface area contributed by atoms with Gasteiger partial charge in [-0.15, -0.1) is 13.2 Å². The van der Waals surface area contributed by atoms with Gasteiger partial charge in [0.2, 0.25) is 0 Å². The van der Waals surface area contributed by atoms with Crippen LogP contribution in [0.25, 0.3) is 0 Å². The Balaban J connectivity index is 2.61. The molecule has 8 heteroatoms. The van der Waals surface area contributed by atoms with Crippen molar-refractivity contribution in [2.45, 2.75) is 50.6 Å². The monoisotopic (exact) mass is 328 g/mol. The van der Waals surface area contributed by atoms with Gasteiger partial charge in [0.15, 0.2) is 0 Å². The van der Waals surface area contributed by atoms with Crippen molar-refractivity contribution in [3.05, 3.63) is 23.3 Å². The van der Waals surface area contributed by atoms with Crippen LogP contribution in [0.15, 0.2) is 12.1 Å². The number of alkyl halides is 6. The highest BCUT2D eigenvalue weighted by molar-refractivity contribution is 5.53. The lowest BCUT2D eigenvalue weighted by Crippen LogP contribution is -2.30. The van der Waals surface area contributed by atoms with Gasteiger partial charge >= 0.3 is 12.5 Å². The van der Waals surface area contributed by atoms with Crippen molar-refractivity contribution in [3.8, 4) is 11.5 Å². The molecule has 0 unspecified atom stereocenters. The van der Waals surface area contributed by atoms with Crippen molar-refractivity contribution < 1.29 is 36.2 Å². The van der Waals surface area contributed by atoms with Gasteiger partial charge in [-0.25, -0.2) is 0 Å². The number of benzene rings is 1. The topological polar surface area (TPSA) is 29.5 Å². The molecule has 1 saturated carbocycles. The van der Waals surface area contributed by atoms with Gasteiger partial charge < -0.3 is 9.84 Å². The van der Waals surface area contributed by atoms with E-state index in [-0.39, 0.29) is 24.3 Å². The van der Waals surface area contributed by atoms with E-state index in [9.17, 15) is 31.4 Å². The van der Waals surface area contributed by atoms with E-state index in [2.05, 4.69) is 4.74 Å². The molecule has 0 saturated heterocycles. The Hall–Kier alpha value is -1.60. The van der Waals surface area contributed by atoms with Gasteiger partial charge in [0.05, 0.1) is 5.41 Å². The summed E-state index contributed by atoms with van der Waals surface area (Å²) < 4.78 is 80.7. The molecule has 2 nitrogen and oxygen atoms in total. The predicted molar refractivity (Wildman–Crippen MR) is 65.8 cm³/mol. The SMILES string of the molecule is CC(C)c1cc(C2(C(F)(F)F)CC2)c(OC(F)(F)F)cc1O. The molecule has 0 bridgehead atoms. The lowest BCUT2D eigenvalue weighted by atomic mass is 9.89. The maximum absolute atomic E-state index is 13.2. The molecule has 1 aromatic carbocycles. The van der Waals surface area contributed by atoms with E-state index in [1.54, 1.807) is 13.8 Å². The van der Waals surface area contributed by atoms with E-state index in [1.807, 2.05) is 0 Å². The van der Waals surface area contributed by atoms with Crippen molar-refractivity contribution in [1.29, 1.82) is 0 Å². The summed E-state index contributed by atoms with van der Waals surface area (Å²) in [4.78, 5) is 0. The minimum absolute atomic E-state index is 0.153. The molecule has 0 spiro atoms. The molecule has 22 heavy (non-hydrogen) atoms. The molecule has 1 aliphatic carbocycles. The number of hydrogen-bond acceptors (Lipinski definition) is 2. The predicted octanol–water partition coefficient (Wildman–Crippen LogP) is 5.01. The molecule has 0 aromatic heterocycles. The van der Waals surface area contributed by atoms with Crippen molar-refractivity contribution in [2.24, 2.45) is 0 Å². The van der Waals surface area contributed by atoms with Crippen molar-refractivity contribution in [2.75, 3.05) is 0 Å². The Morgan fingerprint density at radius 2 is 1.64 bits per heavy atom. The fourth-order valence-corrected chi connectivity index (χ4v) is 2.46. The van der Waals surface area contributed by atoms with Gasteiger partial charge in [-0.05, 0) is 30.4 Å². The summed E-state index contributed by atoms with van der Waals surface area (Å²) in [5.41, 5.74) is -2.75. The van der Waals surface area contributed by atoms with E-state index < -0.39 is 35.0 Å². The summed E-state index contributed by atoms with van der Waals surface area (Å²) in [7, 11) is 0. The quantitative estimate of drug-likeness (QED) is 0.791. The zero-order chi connectivity index (χ0) is 16.9. The minimum Gasteiger partial charge on any atom is -0.508 e. The summed E-state index contributed by atoms with van der Waals surface area (Å²) in [6.07, 6.45) is -10.4. The van der Waals surface area contributed by atoms with Gasteiger partial charge in [0.25, 0.3) is 0 Å². The van der Waals surface area contributed by atoms with Gasteiger partial charge in [0, 0.05) is 11.6 Å². The van der Waals surface area contributed by atoms with Crippen LogP contribution >= 0.6 is 0 Å². The van der Waals surface area contributed by atoms with E-state index in [1.165, 1.54) is 0 Å². The second-order valence-electron chi connectivity index (χ2n) is 5.69. The molecule has 0 radical (unpaired) electrons. The average Bonchev–Trinajstić information content (AvgIpc) is 3.06. The van der Waals surface area contributed by atoms with Crippen molar-refractivity contribution in [3.63, 3.8) is 0 Å². The first-order valence-corrected chi connectivity index (χ1v) is 6.57. The first kappa shape index (κ1) is 16.8. The molecule has 124 valence electrons. The molecule has 0 amide bonds. The Bertz CT molecular complexity index is 570. The first-order chi connectivity index (χ1) is 9.87. The summed E-state index contributed by atoms with van der Waals surface area (Å²) in [6.45, 7) is 3.24. The highest BCUT2D eigenvalue weighted by atomic mass is 19.4. The van der Waals surface area contributed by atoms with Crippen LogP contribution in [0.2, 0.25) is 0 Å². The molecule has 1 fully saturated rings. The fraction of sp³-hybridized carbons (Fsp3) is 0.571. The summed E-state index contributed by atoms with van der Waals surface area (Å²) >= 11 is 0. The average molecular weight is 328 g/mol. The minimum atomic E-state index is -5.14. The number of aromatic hydroxyl groups is 1. The lowest BCUT2D eigenvalue weighted by molar-refractivity contribution is -0.275. The fourth-order valence-electron chi connectivity index (χ4n) is 2.46. The van der Waals surface area contributed by atoms with E-state index in [0.717, 1.165) is 6.07 Å². The number of hydrogen-bond donors (Lipinski definition) is 1. The standard InChI is InChI=1S/C14H14F6O2/c1-7(2)8-5-9(12(3-4-12)13(15,16)17)11(6-10(8)21)22-14(18,19)20/h5-7,21H,3-4H2,1-2H3. The molecule has 2 rings (SSSR count). The number of halogens is 6. The van der Waals surface area contributed by atoms with Crippen LogP contribution in [0.1, 0.15) is 43.7 Å². The van der Waals surface area contributed by atoms with E-state index in [4.69, 9.17) is 0 Å². The zero-order valence-corrected chi connectivity index (χ0v) is 11.8. The molecule has 0 aliphatic heterocycles. The van der Waals surface area contributed by atoms with Crippen LogP contribution in [0.4, 0.5) is 26.3 Å². The number of ether oxygens (including phenoxy) is 1. The smallest absolute Gasteiger partial charge is 0.508 e. The van der Waals surface area contributed by atoms with Crippen molar-refractivity contribution >= 4 is 0 Å². The molecular weight excluding hydrogens is 314 g/mol. The molecular formula is C14H14F6O2. The Morgan fingerprint density at radius 1 is 1.09 bits per heavy atom. The van der Waals surface area contributed by atoms with E-state index in [0.29, 0.717) is 6.07 Å². The molecule has 0 heterocycles. The van der Waals surface area contributed by atoms with E-state index >= 15 is 0 Å². The highest BCUT2D eigenvalue weighted by Gasteiger charge is 2.65. The summed E-state index contributed by atoms with van der Waals surface area (Å²) in [5.74, 6) is -1.86. The molecule has 1 N–H and O–H groups in total. The third-order valence-corrected chi connectivity index (χ3v) is 3.78. The second kappa shape index (κ2) is 4.96. The van der Waals surface area contributed by atoms with Gasteiger partial charge in [-0.2, -0.15) is 13.2 Å². The zero-order valence-electron chi connectivity index (χ0n) is 11.8. The number of rotatable bonds is 3. The van der Waals surface area contributed by atoms with Gasteiger partial charge in [0.1, 0.15) is 11.5 Å². The second-order valence-corrected chi connectivity index (χ2v) is 5.69. The maximum Gasteiger partial charge on any atom is 0.573 e. The Morgan fingerprint density at radius 3 is 2.00 bits per heavy atom. The first-order valence-electron chi connectivity index (χ1n) is 6.57. The van der Waals surface area contributed by atoms with Crippen LogP contribution in [-0.4, -0.2) is 17.6 Å². The molecule has 0 atom stereocenters. The highest BCUT2D eigenvalue weighted by Crippen LogP contribution is 2.61. The largest absolute Gasteiger partial charge is 0.573 e. The Kier molecular flexibility index (Phi) is 3.78. The van der Waals surface area contributed by atoms with Crippen molar-refractivity contribution in [1.82, 2.24) is 0 Å². The summed E-state index contributed by atoms with van der Waals surface area (Å²) in [6, 6.07) is 1.59. The van der Waals surface area contributed by atoms with Crippen LogP contribution in [0, 0.1) is 0 Å². The lowest BCUT2D eigenvalue weighted by Gasteiger charge is -2.25. The normalized spacial score (nSPS) is 17.7. The van der Waals surface area contributed by atoms with Crippen LogP contribution in [-0.2, 0) is 5.41 Å². The number of phenolic OH excluding ortho intramolecular Hbond substituents is 1. The van der Waals surface area contributed by atoms with Crippen LogP contribution < -0.4 is 4.74 Å². The van der Waals surface area contributed by atoms with Gasteiger partial charge in [-0.1, -0.05) is 13.8 Å². The molecule has 1 aromatic rings. The van der Waals surface area contributed by atoms with Crippen LogP contribution in [0.3, 0.4) is 0 Å². The Labute approximate surface area is 122 Å². The third-order valence-electron chi connectivity index (χ3n) is 3.78. The van der Waals surface area contributed by atoms with Crippen LogP contribution in [0.5, 0.6) is 11.5 Å². The van der Waals surface area contributed by atoms with Gasteiger partial charge in [-0.3, -0.25) is 0 Å². The number of phenols is 1. The molecule has 1 aliphatic rings. The maximum atomic E-state index is 13.2. The third kappa shape index (κ3) is 2.96.